The molecule has 1 N–H and O–H groups in total. The number of hydrogen-bond donors (Lipinski definition) is 1. The van der Waals surface area contributed by atoms with Gasteiger partial charge in [-0.15, -0.1) is 0 Å². The summed E-state index contributed by atoms with van der Waals surface area (Å²) < 4.78 is 13.2. The minimum atomic E-state index is -0.466. The van der Waals surface area contributed by atoms with E-state index in [1.165, 1.54) is 24.4 Å². The Hall–Kier alpha value is -3.30. The summed E-state index contributed by atoms with van der Waals surface area (Å²) in [5, 5.41) is 15.5. The van der Waals surface area contributed by atoms with Crippen LogP contribution in [0.4, 0.5) is 21.5 Å². The Kier molecular flexibility index (Phi) is 6.20. The second-order valence-corrected chi connectivity index (χ2v) is 8.00. The van der Waals surface area contributed by atoms with Gasteiger partial charge in [-0.2, -0.15) is 0 Å². The Balaban J connectivity index is 1.44. The van der Waals surface area contributed by atoms with E-state index < -0.39 is 16.8 Å². The van der Waals surface area contributed by atoms with E-state index in [9.17, 15) is 19.3 Å². The van der Waals surface area contributed by atoms with E-state index >= 15 is 0 Å². The molecule has 0 spiro atoms. The van der Waals surface area contributed by atoms with Crippen LogP contribution in [0, 0.1) is 15.9 Å². The molecule has 2 aromatic carbocycles. The molecule has 0 unspecified atom stereocenters. The summed E-state index contributed by atoms with van der Waals surface area (Å²) in [6.45, 7) is 4.40. The largest absolute Gasteiger partial charge is 0.368 e. The van der Waals surface area contributed by atoms with Gasteiger partial charge in [0, 0.05) is 55.7 Å². The maximum atomic E-state index is 13.2. The molecule has 32 heavy (non-hydrogen) atoms. The highest BCUT2D eigenvalue weighted by molar-refractivity contribution is 6.33. The molecule has 1 atom stereocenters. The number of nitro benzene ring substituents is 1. The predicted octanol–water partition coefficient (Wildman–Crippen LogP) is 4.08. The maximum Gasteiger partial charge on any atom is 0.278 e. The van der Waals surface area contributed by atoms with Gasteiger partial charge in [-0.3, -0.25) is 24.8 Å². The number of nitrogens with one attached hydrogen (secondary N) is 1. The number of nitrogens with zero attached hydrogens (tertiary/aromatic N) is 4. The van der Waals surface area contributed by atoms with E-state index in [1.54, 1.807) is 18.3 Å². The summed E-state index contributed by atoms with van der Waals surface area (Å²) in [6.07, 6.45) is 3.14. The number of non-ortho nitro benzene ring substituents is 1. The lowest BCUT2D eigenvalue weighted by Crippen LogP contribution is -2.52. The van der Waals surface area contributed by atoms with Crippen molar-refractivity contribution in [2.24, 2.45) is 0 Å². The van der Waals surface area contributed by atoms with Gasteiger partial charge in [-0.25, -0.2) is 4.39 Å². The van der Waals surface area contributed by atoms with Crippen molar-refractivity contribution < 1.29 is 14.1 Å². The smallest absolute Gasteiger partial charge is 0.278 e. The maximum absolute atomic E-state index is 13.2. The zero-order valence-corrected chi connectivity index (χ0v) is 18.1. The number of aromatic nitrogens is 1. The molecule has 0 saturated carbocycles. The Morgan fingerprint density at radius 2 is 1.94 bits per heavy atom. The topological polar surface area (TPSA) is 91.6 Å². The Morgan fingerprint density at radius 1 is 1.19 bits per heavy atom. The second kappa shape index (κ2) is 9.05. The average Bonchev–Trinajstić information content (AvgIpc) is 2.79. The fourth-order valence-corrected chi connectivity index (χ4v) is 4.15. The number of piperazine rings is 1. The molecule has 8 nitrogen and oxygen atoms in total. The number of pyridine rings is 1. The number of anilines is 2. The first-order valence-corrected chi connectivity index (χ1v) is 10.5. The van der Waals surface area contributed by atoms with Crippen LogP contribution in [-0.4, -0.2) is 52.9 Å². The van der Waals surface area contributed by atoms with Crippen molar-refractivity contribution in [3.8, 4) is 0 Å². The van der Waals surface area contributed by atoms with Crippen LogP contribution in [0.3, 0.4) is 0 Å². The van der Waals surface area contributed by atoms with E-state index in [4.69, 9.17) is 11.6 Å². The van der Waals surface area contributed by atoms with Crippen molar-refractivity contribution in [1.82, 2.24) is 9.88 Å². The quantitative estimate of drug-likeness (QED) is 0.458. The van der Waals surface area contributed by atoms with Crippen molar-refractivity contribution in [2.45, 2.75) is 13.0 Å². The lowest BCUT2D eigenvalue weighted by molar-refractivity contribution is -0.383. The van der Waals surface area contributed by atoms with E-state index in [1.807, 2.05) is 6.92 Å². The van der Waals surface area contributed by atoms with Gasteiger partial charge >= 0.3 is 0 Å². The van der Waals surface area contributed by atoms with E-state index in [0.29, 0.717) is 37.3 Å². The highest BCUT2D eigenvalue weighted by Gasteiger charge is 2.27. The van der Waals surface area contributed by atoms with Gasteiger partial charge in [-0.05, 0) is 37.3 Å². The van der Waals surface area contributed by atoms with Crippen LogP contribution >= 0.6 is 11.6 Å². The number of carbonyl (C=O) groups excluding carboxylic acids is 1. The SMILES string of the molecule is C[C@@H](C(=O)Nc1ccc(F)cc1Cl)N1CCN(c2ccc([N+](=O)[O-])c3cnccc23)CC1. The van der Waals surface area contributed by atoms with Gasteiger partial charge in [0.2, 0.25) is 5.91 Å². The Bertz CT molecular complexity index is 1180. The van der Waals surface area contributed by atoms with Crippen LogP contribution in [0.5, 0.6) is 0 Å². The first-order valence-electron chi connectivity index (χ1n) is 10.1. The molecule has 3 aromatic rings. The minimum absolute atomic E-state index is 0.0280. The standard InChI is InChI=1S/C22H21ClFN5O3/c1-14(22(30)26-19-3-2-15(24)12-18(19)23)27-8-10-28(11-9-27)20-4-5-21(29(31)32)17-13-25-7-6-16(17)20/h2-7,12-14H,8-11H2,1H3,(H,26,30)/t14-/m0/s1. The summed E-state index contributed by atoms with van der Waals surface area (Å²) in [5.41, 5.74) is 1.30. The molecule has 0 bridgehead atoms. The van der Waals surface area contributed by atoms with Crippen molar-refractivity contribution in [3.05, 3.63) is 69.7 Å². The molecule has 2 heterocycles. The summed E-state index contributed by atoms with van der Waals surface area (Å²) in [4.78, 5) is 31.9. The van der Waals surface area contributed by atoms with Crippen LogP contribution < -0.4 is 10.2 Å². The van der Waals surface area contributed by atoms with Crippen molar-refractivity contribution >= 4 is 45.3 Å². The summed E-state index contributed by atoms with van der Waals surface area (Å²) in [6, 6.07) is 8.49. The number of nitro groups is 1. The Morgan fingerprint density at radius 3 is 2.62 bits per heavy atom. The number of hydrogen-bond acceptors (Lipinski definition) is 6. The average molecular weight is 458 g/mol. The van der Waals surface area contributed by atoms with Gasteiger partial charge in [0.25, 0.3) is 5.69 Å². The zero-order chi connectivity index (χ0) is 22.8. The number of halogens is 2. The molecule has 4 rings (SSSR count). The van der Waals surface area contributed by atoms with Crippen LogP contribution in [0.1, 0.15) is 6.92 Å². The third-order valence-corrected chi connectivity index (χ3v) is 6.05. The molecular formula is C22H21ClFN5O3. The first kappa shape index (κ1) is 21.9. The highest BCUT2D eigenvalue weighted by atomic mass is 35.5. The van der Waals surface area contributed by atoms with Gasteiger partial charge < -0.3 is 10.2 Å². The summed E-state index contributed by atoms with van der Waals surface area (Å²) in [5.74, 6) is -0.689. The molecule has 1 aliphatic rings. The molecule has 10 heteroatoms. The third kappa shape index (κ3) is 4.35. The molecule has 0 aliphatic carbocycles. The molecule has 1 amide bonds. The normalized spacial score (nSPS) is 15.5. The lowest BCUT2D eigenvalue weighted by Gasteiger charge is -2.38. The molecule has 1 saturated heterocycles. The minimum Gasteiger partial charge on any atom is -0.368 e. The molecule has 1 aliphatic heterocycles. The highest BCUT2D eigenvalue weighted by Crippen LogP contribution is 2.33. The fourth-order valence-electron chi connectivity index (χ4n) is 3.94. The predicted molar refractivity (Wildman–Crippen MR) is 122 cm³/mol. The van der Waals surface area contributed by atoms with Gasteiger partial charge in [-0.1, -0.05) is 11.6 Å². The number of rotatable bonds is 5. The van der Waals surface area contributed by atoms with Crippen LogP contribution in [0.2, 0.25) is 5.02 Å². The van der Waals surface area contributed by atoms with Crippen LogP contribution in [0.15, 0.2) is 48.8 Å². The lowest BCUT2D eigenvalue weighted by atomic mass is 10.1. The molecule has 0 radical (unpaired) electrons. The van der Waals surface area contributed by atoms with Crippen LogP contribution in [0.25, 0.3) is 10.8 Å². The van der Waals surface area contributed by atoms with E-state index in [0.717, 1.165) is 17.1 Å². The number of benzene rings is 2. The zero-order valence-electron chi connectivity index (χ0n) is 17.3. The number of fused-ring (bicyclic) bond motifs is 1. The first-order chi connectivity index (χ1) is 15.3. The monoisotopic (exact) mass is 457 g/mol. The van der Waals surface area contributed by atoms with E-state index in [2.05, 4.69) is 20.1 Å². The van der Waals surface area contributed by atoms with Crippen molar-refractivity contribution in [2.75, 3.05) is 36.4 Å². The van der Waals surface area contributed by atoms with Crippen molar-refractivity contribution in [3.63, 3.8) is 0 Å². The summed E-state index contributed by atoms with van der Waals surface area (Å²) in [7, 11) is 0. The van der Waals surface area contributed by atoms with Gasteiger partial charge in [0.15, 0.2) is 0 Å². The second-order valence-electron chi connectivity index (χ2n) is 7.59. The molecular weight excluding hydrogens is 437 g/mol. The van der Waals surface area contributed by atoms with E-state index in [-0.39, 0.29) is 16.6 Å². The van der Waals surface area contributed by atoms with Gasteiger partial charge in [0.05, 0.1) is 27.1 Å². The van der Waals surface area contributed by atoms with Crippen molar-refractivity contribution in [1.29, 1.82) is 0 Å². The Labute approximate surface area is 188 Å². The molecule has 166 valence electrons. The third-order valence-electron chi connectivity index (χ3n) is 5.74. The molecule has 1 fully saturated rings. The number of amides is 1. The summed E-state index contributed by atoms with van der Waals surface area (Å²) >= 11 is 6.01. The van der Waals surface area contributed by atoms with Gasteiger partial charge in [0.1, 0.15) is 5.82 Å². The number of carbonyl (C=O) groups is 1. The van der Waals surface area contributed by atoms with Crippen LogP contribution in [-0.2, 0) is 4.79 Å². The fraction of sp³-hybridized carbons (Fsp3) is 0.273. The molecule has 1 aromatic heterocycles.